The highest BCUT2D eigenvalue weighted by Crippen LogP contribution is 2.50. The molecular weight excluding hydrogens is 415 g/mol. The molecule has 166 valence electrons. The van der Waals surface area contributed by atoms with Crippen molar-refractivity contribution < 1.29 is 56.5 Å². The summed E-state index contributed by atoms with van der Waals surface area (Å²) >= 11 is 0. The normalized spacial score (nSPS) is 21.7. The molecule has 0 radical (unpaired) electrons. The molecule has 1 heterocycles. The Morgan fingerprint density at radius 2 is 1.38 bits per heavy atom. The quantitative estimate of drug-likeness (QED) is 0.205. The Bertz CT molecular complexity index is 624. The Morgan fingerprint density at radius 1 is 0.862 bits per heavy atom. The molecule has 3 unspecified atom stereocenters. The van der Waals surface area contributed by atoms with Crippen molar-refractivity contribution in [2.45, 2.75) is 52.4 Å². The summed E-state index contributed by atoms with van der Waals surface area (Å²) in [5, 5.41) is 0. The third kappa shape index (κ3) is 10.4. The van der Waals surface area contributed by atoms with Gasteiger partial charge >= 0.3 is 31.5 Å². The fourth-order valence-corrected chi connectivity index (χ4v) is 3.88. The van der Waals surface area contributed by atoms with Crippen LogP contribution in [0, 0.1) is 0 Å². The van der Waals surface area contributed by atoms with Crippen LogP contribution in [0.1, 0.15) is 34.1 Å². The lowest BCUT2D eigenvalue weighted by Crippen LogP contribution is -2.46. The first-order valence-electron chi connectivity index (χ1n) is 8.61. The third-order valence-corrected chi connectivity index (χ3v) is 5.29. The van der Waals surface area contributed by atoms with E-state index in [0.717, 1.165) is 13.8 Å². The molecule has 0 aromatic carbocycles. The van der Waals surface area contributed by atoms with Crippen molar-refractivity contribution in [3.8, 4) is 0 Å². The van der Waals surface area contributed by atoms with Crippen molar-refractivity contribution >= 4 is 31.5 Å². The van der Waals surface area contributed by atoms with Crippen molar-refractivity contribution in [1.82, 2.24) is 0 Å². The fraction of sp³-hybridized carbons (Fsp3) is 0.750. The van der Waals surface area contributed by atoms with E-state index in [1.165, 1.54) is 13.8 Å². The first-order chi connectivity index (χ1) is 13.5. The SMILES string of the molecule is CC(=O)OCOP(=O)(CC1OCC(OC(C)=O)CC1OC(C)=O)OCOC(C)=O. The second-order valence-electron chi connectivity index (χ2n) is 6.05. The van der Waals surface area contributed by atoms with Crippen LogP contribution >= 0.6 is 7.60 Å². The van der Waals surface area contributed by atoms with Crippen LogP contribution in [0.3, 0.4) is 0 Å². The second-order valence-corrected chi connectivity index (χ2v) is 8.15. The molecule has 13 heteroatoms. The molecule has 29 heavy (non-hydrogen) atoms. The summed E-state index contributed by atoms with van der Waals surface area (Å²) in [6.07, 6.45) is -2.80. The van der Waals surface area contributed by atoms with E-state index in [0.29, 0.717) is 0 Å². The van der Waals surface area contributed by atoms with E-state index < -0.39 is 69.5 Å². The molecule has 0 aromatic rings. The molecular formula is C16H25O12P. The van der Waals surface area contributed by atoms with Crippen molar-refractivity contribution in [2.75, 3.05) is 26.4 Å². The van der Waals surface area contributed by atoms with Crippen LogP contribution in [-0.2, 0) is 56.5 Å². The predicted molar refractivity (Wildman–Crippen MR) is 93.4 cm³/mol. The average Bonchev–Trinajstić information content (AvgIpc) is 2.55. The lowest BCUT2D eigenvalue weighted by atomic mass is 10.0. The summed E-state index contributed by atoms with van der Waals surface area (Å²) in [7, 11) is -4.01. The maximum atomic E-state index is 13.0. The van der Waals surface area contributed by atoms with Gasteiger partial charge in [0.05, 0.1) is 12.8 Å². The van der Waals surface area contributed by atoms with E-state index in [1.54, 1.807) is 0 Å². The summed E-state index contributed by atoms with van der Waals surface area (Å²) in [4.78, 5) is 44.3. The Hall–Kier alpha value is -2.01. The Labute approximate surface area is 167 Å². The number of esters is 4. The molecule has 1 aliphatic heterocycles. The van der Waals surface area contributed by atoms with Crippen LogP contribution in [-0.4, -0.2) is 68.5 Å². The van der Waals surface area contributed by atoms with Crippen molar-refractivity contribution in [3.63, 3.8) is 0 Å². The van der Waals surface area contributed by atoms with Gasteiger partial charge in [-0.1, -0.05) is 0 Å². The maximum Gasteiger partial charge on any atom is 0.339 e. The van der Waals surface area contributed by atoms with Gasteiger partial charge in [-0.25, -0.2) is 0 Å². The summed E-state index contributed by atoms with van der Waals surface area (Å²) in [6, 6.07) is 0. The Balaban J connectivity index is 2.86. The number of ether oxygens (including phenoxy) is 5. The molecule has 0 saturated carbocycles. The van der Waals surface area contributed by atoms with E-state index in [2.05, 4.69) is 9.47 Å². The van der Waals surface area contributed by atoms with Crippen molar-refractivity contribution in [2.24, 2.45) is 0 Å². The van der Waals surface area contributed by atoms with Crippen LogP contribution in [0.15, 0.2) is 0 Å². The molecule has 0 bridgehead atoms. The number of rotatable bonds is 10. The van der Waals surface area contributed by atoms with Crippen molar-refractivity contribution in [3.05, 3.63) is 0 Å². The molecule has 1 saturated heterocycles. The van der Waals surface area contributed by atoms with E-state index >= 15 is 0 Å². The van der Waals surface area contributed by atoms with E-state index in [1.807, 2.05) is 0 Å². The summed E-state index contributed by atoms with van der Waals surface area (Å²) in [5.74, 6) is -2.50. The highest BCUT2D eigenvalue weighted by Gasteiger charge is 2.41. The van der Waals surface area contributed by atoms with E-state index in [4.69, 9.17) is 23.3 Å². The van der Waals surface area contributed by atoms with Crippen LogP contribution in [0.4, 0.5) is 0 Å². The minimum atomic E-state index is -4.01. The topological polar surface area (TPSA) is 150 Å². The van der Waals surface area contributed by atoms with Gasteiger partial charge in [0.25, 0.3) is 0 Å². The van der Waals surface area contributed by atoms with Crippen LogP contribution in [0.2, 0.25) is 0 Å². The Kier molecular flexibility index (Phi) is 10.2. The number of hydrogen-bond donors (Lipinski definition) is 0. The Morgan fingerprint density at radius 3 is 1.83 bits per heavy atom. The van der Waals surface area contributed by atoms with Gasteiger partial charge in [0.1, 0.15) is 18.3 Å². The van der Waals surface area contributed by atoms with Crippen LogP contribution in [0.5, 0.6) is 0 Å². The maximum absolute atomic E-state index is 13.0. The van der Waals surface area contributed by atoms with Gasteiger partial charge < -0.3 is 23.7 Å². The molecule has 12 nitrogen and oxygen atoms in total. The van der Waals surface area contributed by atoms with Gasteiger partial charge in [-0.2, -0.15) is 0 Å². The summed E-state index contributed by atoms with van der Waals surface area (Å²) in [5.41, 5.74) is 0. The van der Waals surface area contributed by atoms with E-state index in [-0.39, 0.29) is 13.0 Å². The summed E-state index contributed by atoms with van der Waals surface area (Å²) in [6.45, 7) is 3.29. The first-order valence-corrected chi connectivity index (χ1v) is 10.3. The molecule has 0 amide bonds. The molecule has 0 spiro atoms. The minimum Gasteiger partial charge on any atom is -0.460 e. The smallest absolute Gasteiger partial charge is 0.339 e. The lowest BCUT2D eigenvalue weighted by Gasteiger charge is -2.36. The van der Waals surface area contributed by atoms with E-state index in [9.17, 15) is 23.7 Å². The zero-order valence-corrected chi connectivity index (χ0v) is 17.5. The molecule has 0 aromatic heterocycles. The molecule has 0 N–H and O–H groups in total. The molecule has 0 aliphatic carbocycles. The zero-order chi connectivity index (χ0) is 22.0. The van der Waals surface area contributed by atoms with Gasteiger partial charge in [0.2, 0.25) is 13.6 Å². The predicted octanol–water partition coefficient (Wildman–Crippen LogP) is 0.906. The van der Waals surface area contributed by atoms with Gasteiger partial charge in [-0.3, -0.25) is 32.8 Å². The fourth-order valence-electron chi connectivity index (χ4n) is 2.38. The highest BCUT2D eigenvalue weighted by molar-refractivity contribution is 7.53. The van der Waals surface area contributed by atoms with Crippen molar-refractivity contribution in [1.29, 1.82) is 0 Å². The molecule has 1 aliphatic rings. The average molecular weight is 440 g/mol. The van der Waals surface area contributed by atoms with Gasteiger partial charge in [0, 0.05) is 34.1 Å². The molecule has 1 rings (SSSR count). The zero-order valence-electron chi connectivity index (χ0n) is 16.6. The van der Waals surface area contributed by atoms with Gasteiger partial charge in [-0.05, 0) is 0 Å². The molecule has 1 fully saturated rings. The second kappa shape index (κ2) is 11.9. The number of hydrogen-bond acceptors (Lipinski definition) is 12. The monoisotopic (exact) mass is 440 g/mol. The third-order valence-electron chi connectivity index (χ3n) is 3.48. The van der Waals surface area contributed by atoms with Gasteiger partial charge in [-0.15, -0.1) is 0 Å². The first kappa shape index (κ1) is 25.0. The largest absolute Gasteiger partial charge is 0.460 e. The number of carbonyl (C=O) groups excluding carboxylic acids is 4. The van der Waals surface area contributed by atoms with Crippen LogP contribution < -0.4 is 0 Å². The molecule has 3 atom stereocenters. The summed E-state index contributed by atoms with van der Waals surface area (Å²) < 4.78 is 48.1. The van der Waals surface area contributed by atoms with Crippen LogP contribution in [0.25, 0.3) is 0 Å². The standard InChI is InChI=1S/C16H25O12P/c1-10(17)23-8-25-29(21,26-9-24-11(2)18)7-16-15(28-13(4)20)5-14(6-22-16)27-12(3)19/h14-16H,5-9H2,1-4H3. The number of carbonyl (C=O) groups is 4. The lowest BCUT2D eigenvalue weighted by molar-refractivity contribution is -0.180. The minimum absolute atomic E-state index is 0.0318. The van der Waals surface area contributed by atoms with Gasteiger partial charge in [0.15, 0.2) is 0 Å². The highest BCUT2D eigenvalue weighted by atomic mass is 31.2.